The van der Waals surface area contributed by atoms with Crippen LogP contribution in [0.5, 0.6) is 0 Å². The molecule has 1 rings (SSSR count). The molecule has 0 aromatic heterocycles. The Hall–Kier alpha value is -0.0800. The molecule has 0 aromatic carbocycles. The summed E-state index contributed by atoms with van der Waals surface area (Å²) in [6.45, 7) is 10.8. The van der Waals surface area contributed by atoms with Crippen LogP contribution in [0.4, 0.5) is 0 Å². The fourth-order valence-electron chi connectivity index (χ4n) is 2.34. The van der Waals surface area contributed by atoms with Gasteiger partial charge in [-0.15, -0.1) is 0 Å². The number of nitrogens with one attached hydrogen (secondary N) is 1. The highest BCUT2D eigenvalue weighted by Crippen LogP contribution is 2.29. The fraction of sp³-hybridized carbons (Fsp3) is 1.00. The van der Waals surface area contributed by atoms with E-state index in [1.807, 2.05) is 0 Å². The zero-order valence-corrected chi connectivity index (χ0v) is 10.2. The van der Waals surface area contributed by atoms with E-state index < -0.39 is 0 Å². The summed E-state index contributed by atoms with van der Waals surface area (Å²) in [6.07, 6.45) is 4.63. The van der Waals surface area contributed by atoms with Crippen molar-refractivity contribution in [2.24, 2.45) is 0 Å². The van der Waals surface area contributed by atoms with Gasteiger partial charge in [-0.2, -0.15) is 0 Å². The maximum atomic E-state index is 5.80. The van der Waals surface area contributed by atoms with Gasteiger partial charge in [0.25, 0.3) is 0 Å². The van der Waals surface area contributed by atoms with Crippen molar-refractivity contribution >= 4 is 0 Å². The first-order valence-electron chi connectivity index (χ1n) is 6.03. The lowest BCUT2D eigenvalue weighted by atomic mass is 9.83. The van der Waals surface area contributed by atoms with E-state index in [-0.39, 0.29) is 11.1 Å². The second kappa shape index (κ2) is 4.63. The predicted molar refractivity (Wildman–Crippen MR) is 60.6 cm³/mol. The van der Waals surface area contributed by atoms with Gasteiger partial charge in [0.1, 0.15) is 0 Å². The standard InChI is InChI=1S/C12H25NO/c1-5-11(6-2)9-14-10-12(7-3,8-4)13-11/h13H,5-10H2,1-4H3. The molecule has 0 radical (unpaired) electrons. The molecule has 0 bridgehead atoms. The van der Waals surface area contributed by atoms with Crippen molar-refractivity contribution in [1.29, 1.82) is 0 Å². The summed E-state index contributed by atoms with van der Waals surface area (Å²) in [6, 6.07) is 0. The quantitative estimate of drug-likeness (QED) is 0.751. The number of hydrogen-bond donors (Lipinski definition) is 1. The molecular formula is C12H25NO. The van der Waals surface area contributed by atoms with Crippen LogP contribution in [0.1, 0.15) is 53.4 Å². The van der Waals surface area contributed by atoms with E-state index in [9.17, 15) is 0 Å². The van der Waals surface area contributed by atoms with E-state index in [4.69, 9.17) is 4.74 Å². The Morgan fingerprint density at radius 1 is 0.857 bits per heavy atom. The van der Waals surface area contributed by atoms with Crippen LogP contribution in [0.3, 0.4) is 0 Å². The van der Waals surface area contributed by atoms with Crippen LogP contribution in [0.25, 0.3) is 0 Å². The molecular weight excluding hydrogens is 174 g/mol. The molecule has 1 saturated heterocycles. The van der Waals surface area contributed by atoms with Crippen molar-refractivity contribution in [2.45, 2.75) is 64.5 Å². The third-order valence-corrected chi connectivity index (χ3v) is 3.99. The maximum absolute atomic E-state index is 5.80. The number of ether oxygens (including phenoxy) is 1. The third kappa shape index (κ3) is 2.12. The third-order valence-electron chi connectivity index (χ3n) is 3.99. The van der Waals surface area contributed by atoms with Gasteiger partial charge in [-0.3, -0.25) is 0 Å². The topological polar surface area (TPSA) is 21.3 Å². The molecule has 0 spiro atoms. The van der Waals surface area contributed by atoms with Crippen molar-refractivity contribution < 1.29 is 4.74 Å². The molecule has 0 aliphatic carbocycles. The average Bonchev–Trinajstić information content (AvgIpc) is 2.29. The van der Waals surface area contributed by atoms with E-state index in [0.717, 1.165) is 38.9 Å². The first-order valence-corrected chi connectivity index (χ1v) is 6.03. The molecule has 0 unspecified atom stereocenters. The molecule has 0 amide bonds. The summed E-state index contributed by atoms with van der Waals surface area (Å²) in [5.74, 6) is 0. The van der Waals surface area contributed by atoms with Gasteiger partial charge in [-0.25, -0.2) is 0 Å². The molecule has 1 aliphatic heterocycles. The van der Waals surface area contributed by atoms with Crippen molar-refractivity contribution in [3.05, 3.63) is 0 Å². The van der Waals surface area contributed by atoms with Crippen LogP contribution < -0.4 is 5.32 Å². The van der Waals surface area contributed by atoms with Crippen molar-refractivity contribution in [3.63, 3.8) is 0 Å². The fourth-order valence-corrected chi connectivity index (χ4v) is 2.34. The van der Waals surface area contributed by atoms with Gasteiger partial charge in [-0.1, -0.05) is 27.7 Å². The minimum atomic E-state index is 0.226. The maximum Gasteiger partial charge on any atom is 0.0649 e. The molecule has 1 fully saturated rings. The Bertz CT molecular complexity index is 153. The molecule has 1 N–H and O–H groups in total. The van der Waals surface area contributed by atoms with Crippen LogP contribution in [0.15, 0.2) is 0 Å². The van der Waals surface area contributed by atoms with Crippen LogP contribution in [-0.2, 0) is 4.74 Å². The Labute approximate surface area is 88.4 Å². The molecule has 0 aromatic rings. The van der Waals surface area contributed by atoms with Crippen molar-refractivity contribution in [3.8, 4) is 0 Å². The van der Waals surface area contributed by atoms with Crippen molar-refractivity contribution in [2.75, 3.05) is 13.2 Å². The van der Waals surface area contributed by atoms with Gasteiger partial charge in [-0.05, 0) is 25.7 Å². The second-order valence-electron chi connectivity index (χ2n) is 4.59. The normalized spacial score (nSPS) is 24.9. The van der Waals surface area contributed by atoms with E-state index in [1.165, 1.54) is 0 Å². The SMILES string of the molecule is CCC1(CC)COCC(CC)(CC)N1. The van der Waals surface area contributed by atoms with Crippen molar-refractivity contribution in [1.82, 2.24) is 5.32 Å². The summed E-state index contributed by atoms with van der Waals surface area (Å²) in [5, 5.41) is 3.85. The number of morpholine rings is 1. The molecule has 0 saturated carbocycles. The Balaban J connectivity index is 2.75. The molecule has 14 heavy (non-hydrogen) atoms. The van der Waals surface area contributed by atoms with Crippen LogP contribution in [0, 0.1) is 0 Å². The zero-order chi connectivity index (χ0) is 10.7. The number of hydrogen-bond acceptors (Lipinski definition) is 2. The molecule has 1 aliphatic rings. The summed E-state index contributed by atoms with van der Waals surface area (Å²) in [4.78, 5) is 0. The van der Waals surface area contributed by atoms with Gasteiger partial charge in [0.15, 0.2) is 0 Å². The molecule has 84 valence electrons. The lowest BCUT2D eigenvalue weighted by molar-refractivity contribution is -0.0500. The lowest BCUT2D eigenvalue weighted by Gasteiger charge is -2.48. The summed E-state index contributed by atoms with van der Waals surface area (Å²) >= 11 is 0. The highest BCUT2D eigenvalue weighted by molar-refractivity contribution is 4.99. The smallest absolute Gasteiger partial charge is 0.0649 e. The highest BCUT2D eigenvalue weighted by Gasteiger charge is 2.40. The number of rotatable bonds is 4. The van der Waals surface area contributed by atoms with E-state index in [1.54, 1.807) is 0 Å². The summed E-state index contributed by atoms with van der Waals surface area (Å²) < 4.78 is 5.80. The highest BCUT2D eigenvalue weighted by atomic mass is 16.5. The van der Waals surface area contributed by atoms with Crippen LogP contribution in [-0.4, -0.2) is 24.3 Å². The largest absolute Gasteiger partial charge is 0.378 e. The van der Waals surface area contributed by atoms with Gasteiger partial charge in [0.2, 0.25) is 0 Å². The minimum absolute atomic E-state index is 0.226. The van der Waals surface area contributed by atoms with Crippen LogP contribution >= 0.6 is 0 Å². The Kier molecular flexibility index (Phi) is 3.96. The lowest BCUT2D eigenvalue weighted by Crippen LogP contribution is -2.65. The zero-order valence-electron chi connectivity index (χ0n) is 10.2. The summed E-state index contributed by atoms with van der Waals surface area (Å²) in [7, 11) is 0. The van der Waals surface area contributed by atoms with Gasteiger partial charge < -0.3 is 10.1 Å². The molecule has 2 heteroatoms. The van der Waals surface area contributed by atoms with E-state index >= 15 is 0 Å². The van der Waals surface area contributed by atoms with E-state index in [2.05, 4.69) is 33.0 Å². The Morgan fingerprint density at radius 3 is 1.50 bits per heavy atom. The van der Waals surface area contributed by atoms with Gasteiger partial charge >= 0.3 is 0 Å². The molecule has 0 atom stereocenters. The first kappa shape index (κ1) is 12.0. The minimum Gasteiger partial charge on any atom is -0.378 e. The van der Waals surface area contributed by atoms with Crippen LogP contribution in [0.2, 0.25) is 0 Å². The first-order chi connectivity index (χ1) is 6.66. The predicted octanol–water partition coefficient (Wildman–Crippen LogP) is 2.72. The molecule has 1 heterocycles. The second-order valence-corrected chi connectivity index (χ2v) is 4.59. The van der Waals surface area contributed by atoms with Gasteiger partial charge in [0.05, 0.1) is 13.2 Å². The summed E-state index contributed by atoms with van der Waals surface area (Å²) in [5.41, 5.74) is 0.453. The van der Waals surface area contributed by atoms with E-state index in [0.29, 0.717) is 0 Å². The molecule has 2 nitrogen and oxygen atoms in total. The monoisotopic (exact) mass is 199 g/mol. The average molecular weight is 199 g/mol. The Morgan fingerprint density at radius 2 is 1.21 bits per heavy atom. The van der Waals surface area contributed by atoms with Gasteiger partial charge in [0, 0.05) is 11.1 Å².